The van der Waals surface area contributed by atoms with Crippen LogP contribution in [0, 0.1) is 0 Å². The van der Waals surface area contributed by atoms with Crippen molar-refractivity contribution < 1.29 is 4.79 Å². The summed E-state index contributed by atoms with van der Waals surface area (Å²) in [7, 11) is 0. The number of aryl methyl sites for hydroxylation is 1. The molecule has 2 aromatic heterocycles. The molecule has 1 aromatic carbocycles. The summed E-state index contributed by atoms with van der Waals surface area (Å²) in [6.07, 6.45) is 6.18. The molecule has 0 aliphatic carbocycles. The first-order valence-corrected chi connectivity index (χ1v) is 7.61. The van der Waals surface area contributed by atoms with Crippen LogP contribution in [0.1, 0.15) is 16.9 Å². The molecule has 0 saturated carbocycles. The molecule has 1 amide bonds. The number of rotatable bonds is 5. The SMILES string of the molecule is O=C(NCCCn1ccnc1)c1[nH]c2ccc(Cl)cc2c1Cl. The third-order valence-corrected chi connectivity index (χ3v) is 3.99. The molecule has 0 saturated heterocycles. The molecule has 0 fully saturated rings. The van der Waals surface area contributed by atoms with Crippen LogP contribution in [0.2, 0.25) is 10.0 Å². The third kappa shape index (κ3) is 3.10. The lowest BCUT2D eigenvalue weighted by molar-refractivity contribution is 0.0948. The van der Waals surface area contributed by atoms with Crippen molar-refractivity contribution in [2.24, 2.45) is 0 Å². The van der Waals surface area contributed by atoms with Crippen molar-refractivity contribution >= 4 is 40.0 Å². The molecular weight excluding hydrogens is 323 g/mol. The number of fused-ring (bicyclic) bond motifs is 1. The van der Waals surface area contributed by atoms with Crippen LogP contribution in [0.4, 0.5) is 0 Å². The van der Waals surface area contributed by atoms with Crippen LogP contribution in [-0.2, 0) is 6.54 Å². The van der Waals surface area contributed by atoms with Crippen molar-refractivity contribution in [1.82, 2.24) is 19.9 Å². The number of aromatic nitrogens is 3. The molecule has 22 heavy (non-hydrogen) atoms. The van der Waals surface area contributed by atoms with Gasteiger partial charge in [-0.1, -0.05) is 23.2 Å². The minimum absolute atomic E-state index is 0.219. The van der Waals surface area contributed by atoms with Crippen molar-refractivity contribution in [3.05, 3.63) is 52.7 Å². The maximum Gasteiger partial charge on any atom is 0.269 e. The first-order valence-electron chi connectivity index (χ1n) is 6.86. The van der Waals surface area contributed by atoms with Crippen LogP contribution < -0.4 is 5.32 Å². The molecule has 0 spiro atoms. The Bertz CT molecular complexity index is 795. The molecule has 0 aliphatic rings. The highest BCUT2D eigenvalue weighted by atomic mass is 35.5. The standard InChI is InChI=1S/C15H14Cl2N4O/c16-10-2-3-12-11(8-10)13(17)14(20-12)15(22)19-4-1-6-21-7-5-18-9-21/h2-3,5,7-9,20H,1,4,6H2,(H,19,22). The molecule has 0 radical (unpaired) electrons. The molecule has 0 aliphatic heterocycles. The van der Waals surface area contributed by atoms with Gasteiger partial charge in [0.1, 0.15) is 5.69 Å². The Morgan fingerprint density at radius 2 is 2.23 bits per heavy atom. The van der Waals surface area contributed by atoms with Gasteiger partial charge >= 0.3 is 0 Å². The van der Waals surface area contributed by atoms with Gasteiger partial charge < -0.3 is 14.9 Å². The largest absolute Gasteiger partial charge is 0.351 e. The summed E-state index contributed by atoms with van der Waals surface area (Å²) in [6.45, 7) is 1.36. The van der Waals surface area contributed by atoms with Gasteiger partial charge in [-0.3, -0.25) is 4.79 Å². The molecule has 114 valence electrons. The number of aromatic amines is 1. The van der Waals surface area contributed by atoms with Crippen molar-refractivity contribution in [2.45, 2.75) is 13.0 Å². The average molecular weight is 337 g/mol. The van der Waals surface area contributed by atoms with Crippen molar-refractivity contribution in [1.29, 1.82) is 0 Å². The van der Waals surface area contributed by atoms with Crippen LogP contribution in [0.5, 0.6) is 0 Å². The highest BCUT2D eigenvalue weighted by molar-refractivity contribution is 6.39. The highest BCUT2D eigenvalue weighted by Crippen LogP contribution is 2.29. The third-order valence-electron chi connectivity index (χ3n) is 3.36. The Balaban J connectivity index is 1.63. The summed E-state index contributed by atoms with van der Waals surface area (Å²) in [5.74, 6) is -0.219. The van der Waals surface area contributed by atoms with Gasteiger partial charge in [0.2, 0.25) is 0 Å². The van der Waals surface area contributed by atoms with Gasteiger partial charge in [0.05, 0.1) is 11.3 Å². The molecule has 5 nitrogen and oxygen atoms in total. The lowest BCUT2D eigenvalue weighted by atomic mass is 10.2. The quantitative estimate of drug-likeness (QED) is 0.700. The maximum absolute atomic E-state index is 12.2. The highest BCUT2D eigenvalue weighted by Gasteiger charge is 2.16. The molecular formula is C15H14Cl2N4O. The number of carbonyl (C=O) groups is 1. The first kappa shape index (κ1) is 14.9. The molecule has 0 bridgehead atoms. The zero-order valence-electron chi connectivity index (χ0n) is 11.6. The number of hydrogen-bond donors (Lipinski definition) is 2. The lowest BCUT2D eigenvalue weighted by Gasteiger charge is -2.05. The number of amides is 1. The monoisotopic (exact) mass is 336 g/mol. The fourth-order valence-corrected chi connectivity index (χ4v) is 2.72. The van der Waals surface area contributed by atoms with E-state index in [4.69, 9.17) is 23.2 Å². The lowest BCUT2D eigenvalue weighted by Crippen LogP contribution is -2.25. The van der Waals surface area contributed by atoms with E-state index in [-0.39, 0.29) is 5.91 Å². The van der Waals surface area contributed by atoms with E-state index in [1.165, 1.54) is 0 Å². The number of imidazole rings is 1. The smallest absolute Gasteiger partial charge is 0.269 e. The molecule has 0 atom stereocenters. The molecule has 7 heteroatoms. The van der Waals surface area contributed by atoms with E-state index < -0.39 is 0 Å². The predicted molar refractivity (Wildman–Crippen MR) is 87.5 cm³/mol. The van der Waals surface area contributed by atoms with E-state index >= 15 is 0 Å². The summed E-state index contributed by atoms with van der Waals surface area (Å²) in [4.78, 5) is 19.2. The molecule has 2 heterocycles. The van der Waals surface area contributed by atoms with Gasteiger partial charge in [-0.25, -0.2) is 4.98 Å². The molecule has 3 aromatic rings. The second-order valence-electron chi connectivity index (χ2n) is 4.91. The van der Waals surface area contributed by atoms with Gasteiger partial charge in [-0.2, -0.15) is 0 Å². The number of H-pyrrole nitrogens is 1. The van der Waals surface area contributed by atoms with Gasteiger partial charge in [-0.15, -0.1) is 0 Å². The fraction of sp³-hybridized carbons (Fsp3) is 0.200. The van der Waals surface area contributed by atoms with Crippen LogP contribution in [0.15, 0.2) is 36.9 Å². The number of nitrogens with zero attached hydrogens (tertiary/aromatic N) is 2. The first-order chi connectivity index (χ1) is 10.6. The normalized spacial score (nSPS) is 11.0. The second-order valence-corrected chi connectivity index (χ2v) is 5.73. The van der Waals surface area contributed by atoms with Crippen LogP contribution in [0.25, 0.3) is 10.9 Å². The van der Waals surface area contributed by atoms with E-state index in [2.05, 4.69) is 15.3 Å². The number of nitrogens with one attached hydrogen (secondary N) is 2. The topological polar surface area (TPSA) is 62.7 Å². The average Bonchev–Trinajstić information content (AvgIpc) is 3.12. The minimum Gasteiger partial charge on any atom is -0.351 e. The Labute approximate surface area is 137 Å². The number of halogens is 2. The van der Waals surface area contributed by atoms with Crippen LogP contribution >= 0.6 is 23.2 Å². The number of benzene rings is 1. The van der Waals surface area contributed by atoms with Crippen molar-refractivity contribution in [2.75, 3.05) is 6.54 Å². The van der Waals surface area contributed by atoms with E-state index in [1.54, 1.807) is 30.7 Å². The number of carbonyl (C=O) groups excluding carboxylic acids is 1. The van der Waals surface area contributed by atoms with Crippen molar-refractivity contribution in [3.8, 4) is 0 Å². The van der Waals surface area contributed by atoms with Crippen LogP contribution in [-0.4, -0.2) is 27.0 Å². The zero-order chi connectivity index (χ0) is 15.5. The van der Waals surface area contributed by atoms with E-state index in [0.29, 0.717) is 22.3 Å². The summed E-state index contributed by atoms with van der Waals surface area (Å²) >= 11 is 12.2. The molecule has 2 N–H and O–H groups in total. The van der Waals surface area contributed by atoms with E-state index in [9.17, 15) is 4.79 Å². The van der Waals surface area contributed by atoms with E-state index in [0.717, 1.165) is 23.9 Å². The Morgan fingerprint density at radius 1 is 1.36 bits per heavy atom. The van der Waals surface area contributed by atoms with Gasteiger partial charge in [0, 0.05) is 41.4 Å². The van der Waals surface area contributed by atoms with E-state index in [1.807, 2.05) is 10.8 Å². The summed E-state index contributed by atoms with van der Waals surface area (Å²) in [6, 6.07) is 5.30. The summed E-state index contributed by atoms with van der Waals surface area (Å²) in [5.41, 5.74) is 1.15. The molecule has 3 rings (SSSR count). The zero-order valence-corrected chi connectivity index (χ0v) is 13.2. The fourth-order valence-electron chi connectivity index (χ4n) is 2.26. The Hall–Kier alpha value is -1.98. The molecule has 0 unspecified atom stereocenters. The summed E-state index contributed by atoms with van der Waals surface area (Å²) < 4.78 is 1.96. The maximum atomic E-state index is 12.2. The Morgan fingerprint density at radius 3 is 3.00 bits per heavy atom. The van der Waals surface area contributed by atoms with Gasteiger partial charge in [0.25, 0.3) is 5.91 Å². The van der Waals surface area contributed by atoms with Gasteiger partial charge in [-0.05, 0) is 24.6 Å². The Kier molecular flexibility index (Phi) is 4.36. The van der Waals surface area contributed by atoms with Crippen LogP contribution in [0.3, 0.4) is 0 Å². The predicted octanol–water partition coefficient (Wildman–Crippen LogP) is 3.49. The second kappa shape index (κ2) is 6.42. The number of hydrogen-bond acceptors (Lipinski definition) is 2. The minimum atomic E-state index is -0.219. The summed E-state index contributed by atoms with van der Waals surface area (Å²) in [5, 5.41) is 4.58. The van der Waals surface area contributed by atoms with Crippen molar-refractivity contribution in [3.63, 3.8) is 0 Å². The van der Waals surface area contributed by atoms with Gasteiger partial charge in [0.15, 0.2) is 0 Å².